The lowest BCUT2D eigenvalue weighted by atomic mass is 10.1. The average Bonchev–Trinajstić information content (AvgIpc) is 2.23. The minimum absolute atomic E-state index is 0.597. The summed E-state index contributed by atoms with van der Waals surface area (Å²) in [4.78, 5) is 34.3. The molecular formula is C14H22O6Si. The number of carbonyl (C=O) groups excluding carboxylic acids is 3. The summed E-state index contributed by atoms with van der Waals surface area (Å²) in [7, 11) is -3.83. The molecule has 0 aromatic rings. The van der Waals surface area contributed by atoms with Crippen molar-refractivity contribution in [2.24, 2.45) is 0 Å². The smallest absolute Gasteiger partial charge is 0.452 e. The lowest BCUT2D eigenvalue weighted by Crippen LogP contribution is -2.51. The summed E-state index contributed by atoms with van der Waals surface area (Å²) >= 11 is 0. The molecule has 0 aromatic carbocycles. The van der Waals surface area contributed by atoms with Crippen molar-refractivity contribution in [2.45, 2.75) is 59.3 Å². The van der Waals surface area contributed by atoms with Gasteiger partial charge in [0.2, 0.25) is 0 Å². The molecule has 0 saturated heterocycles. The van der Waals surface area contributed by atoms with E-state index in [1.54, 1.807) is 0 Å². The summed E-state index contributed by atoms with van der Waals surface area (Å²) in [6.45, 7) is 3.62. The van der Waals surface area contributed by atoms with E-state index < -0.39 is 26.7 Å². The molecule has 0 atom stereocenters. The highest BCUT2D eigenvalue weighted by atomic mass is 28.4. The molecule has 0 aromatic heterocycles. The van der Waals surface area contributed by atoms with Gasteiger partial charge in [-0.05, 0) is 25.7 Å². The Morgan fingerprint density at radius 2 is 1.33 bits per heavy atom. The van der Waals surface area contributed by atoms with Crippen molar-refractivity contribution in [3.63, 3.8) is 0 Å². The van der Waals surface area contributed by atoms with Gasteiger partial charge in [-0.15, -0.1) is 0 Å². The van der Waals surface area contributed by atoms with Gasteiger partial charge in [0.05, 0.1) is 0 Å². The van der Waals surface area contributed by atoms with E-state index in [1.807, 2.05) is 6.08 Å². The molecule has 0 heterocycles. The van der Waals surface area contributed by atoms with Crippen LogP contribution in [0.5, 0.6) is 0 Å². The van der Waals surface area contributed by atoms with E-state index in [-0.39, 0.29) is 0 Å². The molecular weight excluding hydrogens is 292 g/mol. The molecule has 1 aliphatic carbocycles. The number of carbonyl (C=O) groups is 3. The Balaban J connectivity index is 3.18. The molecule has 118 valence electrons. The van der Waals surface area contributed by atoms with E-state index in [4.69, 9.17) is 13.3 Å². The zero-order valence-electron chi connectivity index (χ0n) is 12.8. The van der Waals surface area contributed by atoms with E-state index >= 15 is 0 Å². The summed E-state index contributed by atoms with van der Waals surface area (Å²) < 4.78 is 15.7. The largest absolute Gasteiger partial charge is 0.738 e. The van der Waals surface area contributed by atoms with Crippen molar-refractivity contribution in [3.05, 3.63) is 11.3 Å². The van der Waals surface area contributed by atoms with Crippen LogP contribution >= 0.6 is 0 Å². The molecule has 0 saturated carbocycles. The van der Waals surface area contributed by atoms with Gasteiger partial charge in [0.25, 0.3) is 17.9 Å². The highest BCUT2D eigenvalue weighted by molar-refractivity contribution is 6.73. The minimum Gasteiger partial charge on any atom is -0.452 e. The van der Waals surface area contributed by atoms with Crippen molar-refractivity contribution in [3.8, 4) is 0 Å². The van der Waals surface area contributed by atoms with Gasteiger partial charge < -0.3 is 13.3 Å². The Morgan fingerprint density at radius 1 is 0.857 bits per heavy atom. The molecule has 7 heteroatoms. The normalized spacial score (nSPS) is 18.5. The second kappa shape index (κ2) is 7.97. The van der Waals surface area contributed by atoms with Crippen LogP contribution in [0.3, 0.4) is 0 Å². The molecule has 0 bridgehead atoms. The van der Waals surface area contributed by atoms with Crippen LogP contribution in [0, 0.1) is 0 Å². The van der Waals surface area contributed by atoms with Gasteiger partial charge >= 0.3 is 8.80 Å². The van der Waals surface area contributed by atoms with E-state index in [0.717, 1.165) is 32.1 Å². The number of hydrogen-bond acceptors (Lipinski definition) is 6. The van der Waals surface area contributed by atoms with Crippen LogP contribution in [0.15, 0.2) is 11.3 Å². The third-order valence-corrected chi connectivity index (χ3v) is 5.93. The van der Waals surface area contributed by atoms with Crippen LogP contribution in [-0.4, -0.2) is 26.7 Å². The van der Waals surface area contributed by atoms with E-state index in [1.165, 1.54) is 20.8 Å². The Kier molecular flexibility index (Phi) is 6.61. The van der Waals surface area contributed by atoms with E-state index in [0.29, 0.717) is 11.6 Å². The fourth-order valence-corrected chi connectivity index (χ4v) is 4.83. The summed E-state index contributed by atoms with van der Waals surface area (Å²) in [5.41, 5.74) is 0. The maximum atomic E-state index is 11.4. The fraction of sp³-hybridized carbons (Fsp3) is 0.643. The van der Waals surface area contributed by atoms with Gasteiger partial charge in [0, 0.05) is 26.0 Å². The molecule has 6 nitrogen and oxygen atoms in total. The van der Waals surface area contributed by atoms with Crippen LogP contribution in [-0.2, 0) is 27.7 Å². The third-order valence-electron chi connectivity index (χ3n) is 3.02. The molecule has 21 heavy (non-hydrogen) atoms. The minimum atomic E-state index is -3.83. The molecule has 0 N–H and O–H groups in total. The van der Waals surface area contributed by atoms with Crippen molar-refractivity contribution in [1.82, 2.24) is 0 Å². The van der Waals surface area contributed by atoms with E-state index in [9.17, 15) is 14.4 Å². The van der Waals surface area contributed by atoms with Gasteiger partial charge in [-0.25, -0.2) is 0 Å². The zero-order chi connectivity index (χ0) is 15.9. The quantitative estimate of drug-likeness (QED) is 0.742. The molecule has 0 amide bonds. The van der Waals surface area contributed by atoms with Gasteiger partial charge in [-0.1, -0.05) is 18.9 Å². The van der Waals surface area contributed by atoms with Gasteiger partial charge in [0.15, 0.2) is 0 Å². The van der Waals surface area contributed by atoms with Crippen LogP contribution in [0.4, 0.5) is 0 Å². The first kappa shape index (κ1) is 17.4. The molecule has 0 aliphatic heterocycles. The Hall–Kier alpha value is -1.63. The highest BCUT2D eigenvalue weighted by Crippen LogP contribution is 2.28. The molecule has 0 fully saturated rings. The third kappa shape index (κ3) is 5.70. The van der Waals surface area contributed by atoms with Crippen molar-refractivity contribution < 1.29 is 27.7 Å². The molecule has 1 aliphatic rings. The zero-order valence-corrected chi connectivity index (χ0v) is 13.8. The van der Waals surface area contributed by atoms with Crippen molar-refractivity contribution >= 4 is 26.7 Å². The highest BCUT2D eigenvalue weighted by Gasteiger charge is 2.55. The number of hydrogen-bond donors (Lipinski definition) is 0. The van der Waals surface area contributed by atoms with Crippen LogP contribution in [0.25, 0.3) is 0 Å². The first-order valence-corrected chi connectivity index (χ1v) is 8.86. The van der Waals surface area contributed by atoms with Crippen LogP contribution in [0.2, 0.25) is 0 Å². The lowest BCUT2D eigenvalue weighted by Gasteiger charge is -2.28. The molecule has 0 unspecified atom stereocenters. The fourth-order valence-electron chi connectivity index (χ4n) is 2.30. The lowest BCUT2D eigenvalue weighted by molar-refractivity contribution is -0.147. The molecule has 1 rings (SSSR count). The maximum absolute atomic E-state index is 11.4. The van der Waals surface area contributed by atoms with Crippen molar-refractivity contribution in [1.29, 1.82) is 0 Å². The summed E-state index contributed by atoms with van der Waals surface area (Å²) in [6.07, 6.45) is 7.34. The first-order valence-electron chi connectivity index (χ1n) is 7.14. The maximum Gasteiger partial charge on any atom is 0.738 e. The summed E-state index contributed by atoms with van der Waals surface area (Å²) in [5.74, 6) is -1.90. The van der Waals surface area contributed by atoms with Crippen molar-refractivity contribution in [2.75, 3.05) is 0 Å². The van der Waals surface area contributed by atoms with Gasteiger partial charge in [-0.3, -0.25) is 14.4 Å². The first-order chi connectivity index (χ1) is 9.85. The topological polar surface area (TPSA) is 78.9 Å². The molecule has 0 radical (unpaired) electrons. The monoisotopic (exact) mass is 314 g/mol. The average molecular weight is 314 g/mol. The number of allylic oxidation sites excluding steroid dienone is 2. The van der Waals surface area contributed by atoms with E-state index in [2.05, 4.69) is 0 Å². The second-order valence-electron chi connectivity index (χ2n) is 5.02. The second-order valence-corrected chi connectivity index (χ2v) is 7.39. The Labute approximate surface area is 125 Å². The van der Waals surface area contributed by atoms with Gasteiger partial charge in [-0.2, -0.15) is 0 Å². The van der Waals surface area contributed by atoms with Gasteiger partial charge in [0.1, 0.15) is 0 Å². The summed E-state index contributed by atoms with van der Waals surface area (Å²) in [5, 5.41) is 0.641. The predicted octanol–water partition coefficient (Wildman–Crippen LogP) is 2.43. The Bertz CT molecular complexity index is 402. The van der Waals surface area contributed by atoms with Crippen LogP contribution in [0.1, 0.15) is 59.3 Å². The SMILES string of the molecule is CC(=O)O[Si](OC(C)=O)(OC(C)=O)/C1=C/CCCCCC1. The summed E-state index contributed by atoms with van der Waals surface area (Å²) in [6, 6.07) is 0. The Morgan fingerprint density at radius 3 is 1.81 bits per heavy atom. The number of rotatable bonds is 4. The standard InChI is InChI=1S/C14H22O6Si/c1-11(15)18-21(19-12(2)16,20-13(3)17)14-9-7-5-4-6-8-10-14/h9H,4-8,10H2,1-3H3/b14-9+. The molecule has 0 spiro atoms. The predicted molar refractivity (Wildman–Crippen MR) is 76.8 cm³/mol. The van der Waals surface area contributed by atoms with Crippen LogP contribution < -0.4 is 0 Å².